The van der Waals surface area contributed by atoms with Crippen LogP contribution in [0.4, 0.5) is 5.69 Å². The van der Waals surface area contributed by atoms with E-state index < -0.39 is 9.84 Å². The molecule has 136 valence electrons. The monoisotopic (exact) mass is 406 g/mol. The van der Waals surface area contributed by atoms with E-state index in [4.69, 9.17) is 16.6 Å². The second-order valence-corrected chi connectivity index (χ2v) is 10.2. The molecule has 0 aromatic heterocycles. The van der Waals surface area contributed by atoms with Crippen molar-refractivity contribution in [1.82, 2.24) is 0 Å². The first-order valence-electron chi connectivity index (χ1n) is 8.43. The van der Waals surface area contributed by atoms with E-state index in [-0.39, 0.29) is 23.6 Å². The number of sulfone groups is 1. The summed E-state index contributed by atoms with van der Waals surface area (Å²) in [5, 5.41) is 1.55. The summed E-state index contributed by atoms with van der Waals surface area (Å²) in [5.41, 5.74) is 3.45. The number of amidine groups is 1. The van der Waals surface area contributed by atoms with Crippen LogP contribution in [0.1, 0.15) is 11.1 Å². The van der Waals surface area contributed by atoms with Crippen molar-refractivity contribution in [3.05, 3.63) is 64.7 Å². The zero-order chi connectivity index (χ0) is 18.3. The molecule has 2 aromatic rings. The van der Waals surface area contributed by atoms with E-state index in [0.717, 1.165) is 16.6 Å². The van der Waals surface area contributed by atoms with Crippen molar-refractivity contribution >= 4 is 44.1 Å². The summed E-state index contributed by atoms with van der Waals surface area (Å²) in [5.74, 6) is 1.09. The van der Waals surface area contributed by atoms with Crippen molar-refractivity contribution in [2.75, 3.05) is 16.4 Å². The standard InChI is InChI=1S/C19H19ClN2O2S2/c1-13-4-2-3-5-14(13)10-25-19-21-17-11-26(23,24)12-18(17)22(19)16-8-6-15(20)7-9-16/h2-9,17-18H,10-12H2,1H3/t17-,18+/m1/s1. The van der Waals surface area contributed by atoms with Gasteiger partial charge in [0.15, 0.2) is 15.0 Å². The topological polar surface area (TPSA) is 49.7 Å². The maximum absolute atomic E-state index is 12.1. The molecule has 0 N–H and O–H groups in total. The molecule has 0 aliphatic carbocycles. The lowest BCUT2D eigenvalue weighted by Gasteiger charge is -2.26. The fourth-order valence-corrected chi connectivity index (χ4v) is 6.62. The molecule has 0 radical (unpaired) electrons. The molecular weight excluding hydrogens is 388 g/mol. The van der Waals surface area contributed by atoms with Gasteiger partial charge in [0, 0.05) is 16.5 Å². The van der Waals surface area contributed by atoms with Gasteiger partial charge >= 0.3 is 0 Å². The minimum absolute atomic E-state index is 0.124. The van der Waals surface area contributed by atoms with E-state index in [1.54, 1.807) is 11.8 Å². The quantitative estimate of drug-likeness (QED) is 0.775. The first-order chi connectivity index (χ1) is 12.4. The highest BCUT2D eigenvalue weighted by molar-refractivity contribution is 8.13. The highest BCUT2D eigenvalue weighted by atomic mass is 35.5. The lowest BCUT2D eigenvalue weighted by molar-refractivity contribution is 0.601. The predicted octanol–water partition coefficient (Wildman–Crippen LogP) is 3.92. The smallest absolute Gasteiger partial charge is 0.164 e. The van der Waals surface area contributed by atoms with Crippen LogP contribution >= 0.6 is 23.4 Å². The molecule has 2 atom stereocenters. The molecule has 2 aliphatic rings. The first-order valence-corrected chi connectivity index (χ1v) is 11.6. The summed E-state index contributed by atoms with van der Waals surface area (Å²) in [4.78, 5) is 6.84. The Balaban J connectivity index is 1.63. The van der Waals surface area contributed by atoms with E-state index in [9.17, 15) is 8.42 Å². The van der Waals surface area contributed by atoms with E-state index in [1.165, 1.54) is 11.1 Å². The minimum atomic E-state index is -3.04. The molecule has 1 fully saturated rings. The van der Waals surface area contributed by atoms with Crippen LogP contribution in [0.3, 0.4) is 0 Å². The van der Waals surface area contributed by atoms with Crippen LogP contribution in [0.15, 0.2) is 53.5 Å². The van der Waals surface area contributed by atoms with E-state index in [0.29, 0.717) is 5.02 Å². The SMILES string of the molecule is Cc1ccccc1CSC1=N[C@@H]2CS(=O)(=O)C[C@@H]2N1c1ccc(Cl)cc1. The molecule has 7 heteroatoms. The maximum Gasteiger partial charge on any atom is 0.164 e. The average molecular weight is 407 g/mol. The Hall–Kier alpha value is -1.50. The van der Waals surface area contributed by atoms with Gasteiger partial charge in [0.1, 0.15) is 0 Å². The van der Waals surface area contributed by atoms with Gasteiger partial charge in [0.25, 0.3) is 0 Å². The normalized spacial score (nSPS) is 23.8. The van der Waals surface area contributed by atoms with Crippen molar-refractivity contribution in [1.29, 1.82) is 0 Å². The largest absolute Gasteiger partial charge is 0.315 e. The number of benzene rings is 2. The Morgan fingerprint density at radius 1 is 1.15 bits per heavy atom. The van der Waals surface area contributed by atoms with Crippen LogP contribution in [0.2, 0.25) is 5.02 Å². The molecule has 0 bridgehead atoms. The van der Waals surface area contributed by atoms with Crippen LogP contribution in [0.5, 0.6) is 0 Å². The lowest BCUT2D eigenvalue weighted by Crippen LogP contribution is -2.39. The van der Waals surface area contributed by atoms with Crippen molar-refractivity contribution in [3.63, 3.8) is 0 Å². The van der Waals surface area contributed by atoms with Crippen LogP contribution in [0.25, 0.3) is 0 Å². The number of aryl methyl sites for hydroxylation is 1. The van der Waals surface area contributed by atoms with Gasteiger partial charge in [-0.1, -0.05) is 47.6 Å². The molecule has 2 aromatic carbocycles. The molecule has 2 heterocycles. The highest BCUT2D eigenvalue weighted by Gasteiger charge is 2.47. The average Bonchev–Trinajstić information content (AvgIpc) is 3.06. The number of rotatable bonds is 3. The fraction of sp³-hybridized carbons (Fsp3) is 0.316. The molecule has 0 spiro atoms. The number of halogens is 1. The predicted molar refractivity (Wildman–Crippen MR) is 110 cm³/mol. The van der Waals surface area contributed by atoms with Crippen molar-refractivity contribution in [3.8, 4) is 0 Å². The molecule has 0 amide bonds. The second-order valence-electron chi connectivity index (χ2n) is 6.68. The summed E-state index contributed by atoms with van der Waals surface area (Å²) in [6, 6.07) is 15.5. The van der Waals surface area contributed by atoms with Crippen LogP contribution in [-0.2, 0) is 15.6 Å². The molecule has 0 unspecified atom stereocenters. The molecule has 2 aliphatic heterocycles. The summed E-state index contributed by atoms with van der Waals surface area (Å²) in [6.45, 7) is 2.10. The Labute approximate surface area is 163 Å². The lowest BCUT2D eigenvalue weighted by atomic mass is 10.1. The molecule has 4 nitrogen and oxygen atoms in total. The van der Waals surface area contributed by atoms with Crippen molar-refractivity contribution in [2.24, 2.45) is 4.99 Å². The number of aliphatic imine (C=N–C) groups is 1. The van der Waals surface area contributed by atoms with Gasteiger partial charge in [-0.25, -0.2) is 8.42 Å². The highest BCUT2D eigenvalue weighted by Crippen LogP contribution is 2.36. The van der Waals surface area contributed by atoms with Crippen LogP contribution in [0, 0.1) is 6.92 Å². The maximum atomic E-state index is 12.1. The third kappa shape index (κ3) is 3.50. The minimum Gasteiger partial charge on any atom is -0.315 e. The van der Waals surface area contributed by atoms with Gasteiger partial charge < -0.3 is 4.90 Å². The number of nitrogens with zero attached hydrogens (tertiary/aromatic N) is 2. The van der Waals surface area contributed by atoms with Gasteiger partial charge in [-0.2, -0.15) is 0 Å². The fourth-order valence-electron chi connectivity index (χ4n) is 3.45. The molecule has 26 heavy (non-hydrogen) atoms. The van der Waals surface area contributed by atoms with Crippen molar-refractivity contribution < 1.29 is 8.42 Å². The van der Waals surface area contributed by atoms with Gasteiger partial charge in [-0.3, -0.25) is 4.99 Å². The summed E-state index contributed by atoms with van der Waals surface area (Å²) in [7, 11) is -3.04. The molecule has 0 saturated carbocycles. The van der Waals surface area contributed by atoms with Gasteiger partial charge in [-0.15, -0.1) is 0 Å². The van der Waals surface area contributed by atoms with Gasteiger partial charge in [-0.05, 0) is 42.3 Å². The zero-order valence-electron chi connectivity index (χ0n) is 14.3. The van der Waals surface area contributed by atoms with Gasteiger partial charge in [0.2, 0.25) is 0 Å². The number of fused-ring (bicyclic) bond motifs is 1. The van der Waals surface area contributed by atoms with Crippen LogP contribution < -0.4 is 4.90 Å². The Morgan fingerprint density at radius 3 is 2.62 bits per heavy atom. The summed E-state index contributed by atoms with van der Waals surface area (Å²) in [6.07, 6.45) is 0. The van der Waals surface area contributed by atoms with Gasteiger partial charge in [0.05, 0.1) is 23.6 Å². The number of hydrogen-bond acceptors (Lipinski definition) is 5. The first kappa shape index (κ1) is 17.9. The Bertz CT molecular complexity index is 958. The summed E-state index contributed by atoms with van der Waals surface area (Å²) < 4.78 is 24.2. The molecular formula is C19H19ClN2O2S2. The van der Waals surface area contributed by atoms with Crippen molar-refractivity contribution in [2.45, 2.75) is 24.8 Å². The molecule has 4 rings (SSSR count). The molecule has 1 saturated heterocycles. The zero-order valence-corrected chi connectivity index (χ0v) is 16.7. The third-order valence-electron chi connectivity index (χ3n) is 4.83. The van der Waals surface area contributed by atoms with E-state index in [2.05, 4.69) is 24.0 Å². The number of anilines is 1. The number of hydrogen-bond donors (Lipinski definition) is 0. The Morgan fingerprint density at radius 2 is 1.88 bits per heavy atom. The van der Waals surface area contributed by atoms with E-state index >= 15 is 0 Å². The third-order valence-corrected chi connectivity index (χ3v) is 7.80. The Kier molecular flexibility index (Phi) is 4.75. The van der Waals surface area contributed by atoms with E-state index in [1.807, 2.05) is 36.4 Å². The second kappa shape index (κ2) is 6.91. The van der Waals surface area contributed by atoms with Crippen LogP contribution in [-0.4, -0.2) is 37.2 Å². The number of thioether (sulfide) groups is 1. The summed E-state index contributed by atoms with van der Waals surface area (Å²) >= 11 is 7.68.